The van der Waals surface area contributed by atoms with E-state index in [4.69, 9.17) is 13.6 Å². The first kappa shape index (κ1) is 24.2. The molecule has 0 saturated carbocycles. The van der Waals surface area contributed by atoms with Gasteiger partial charge in [0.05, 0.1) is 0 Å². The maximum atomic E-state index is 12.8. The first-order valence-electron chi connectivity index (χ1n) is 12.2. The number of piperazine rings is 1. The number of aromatic nitrogens is 1. The number of amides is 1. The summed E-state index contributed by atoms with van der Waals surface area (Å²) in [7, 11) is 0. The summed E-state index contributed by atoms with van der Waals surface area (Å²) in [5, 5.41) is 9.67. The molecule has 0 radical (unpaired) electrons. The molecule has 1 amide bonds. The molecular formula is C29H28N4O4. The fourth-order valence-corrected chi connectivity index (χ4v) is 4.28. The molecule has 5 rings (SSSR count). The second kappa shape index (κ2) is 10.2. The van der Waals surface area contributed by atoms with Crippen molar-refractivity contribution < 1.29 is 18.4 Å². The van der Waals surface area contributed by atoms with E-state index in [1.54, 1.807) is 6.07 Å². The largest absolute Gasteiger partial charge is 0.485 e. The van der Waals surface area contributed by atoms with Gasteiger partial charge >= 0.3 is 0 Å². The van der Waals surface area contributed by atoms with Crippen molar-refractivity contribution in [1.82, 2.24) is 9.88 Å². The first-order chi connectivity index (χ1) is 17.9. The van der Waals surface area contributed by atoms with Crippen molar-refractivity contribution in [2.24, 2.45) is 0 Å². The van der Waals surface area contributed by atoms with Gasteiger partial charge in [-0.25, -0.2) is 0 Å². The molecule has 3 heterocycles. The molecule has 1 aliphatic heterocycles. The lowest BCUT2D eigenvalue weighted by Crippen LogP contribution is -2.48. The van der Waals surface area contributed by atoms with Crippen LogP contribution in [0.5, 0.6) is 5.75 Å². The number of furan rings is 1. The number of benzene rings is 2. The predicted octanol–water partition coefficient (Wildman–Crippen LogP) is 5.27. The number of nitrogens with zero attached hydrogens (tertiary/aromatic N) is 4. The van der Waals surface area contributed by atoms with Crippen molar-refractivity contribution in [3.63, 3.8) is 0 Å². The van der Waals surface area contributed by atoms with Crippen molar-refractivity contribution >= 4 is 11.8 Å². The Kier molecular flexibility index (Phi) is 6.69. The summed E-state index contributed by atoms with van der Waals surface area (Å²) in [6.07, 6.45) is 0. The van der Waals surface area contributed by atoms with Crippen LogP contribution in [0.3, 0.4) is 0 Å². The molecule has 0 aliphatic carbocycles. The lowest BCUT2D eigenvalue weighted by molar-refractivity contribution is 0.0745. The van der Waals surface area contributed by atoms with E-state index in [0.717, 1.165) is 22.4 Å². The zero-order valence-corrected chi connectivity index (χ0v) is 21.2. The van der Waals surface area contributed by atoms with E-state index in [1.807, 2.05) is 79.1 Å². The van der Waals surface area contributed by atoms with E-state index >= 15 is 0 Å². The van der Waals surface area contributed by atoms with Crippen molar-refractivity contribution in [3.05, 3.63) is 88.3 Å². The highest BCUT2D eigenvalue weighted by molar-refractivity contribution is 5.94. The molecule has 8 heteroatoms. The summed E-state index contributed by atoms with van der Waals surface area (Å²) in [5.41, 5.74) is 4.15. The van der Waals surface area contributed by atoms with Crippen LogP contribution < -0.4 is 9.64 Å². The van der Waals surface area contributed by atoms with Crippen LogP contribution in [0.4, 0.5) is 5.88 Å². The van der Waals surface area contributed by atoms with Crippen molar-refractivity contribution in [3.8, 4) is 23.5 Å². The summed E-state index contributed by atoms with van der Waals surface area (Å²) < 4.78 is 17.8. The molecule has 1 saturated heterocycles. The van der Waals surface area contributed by atoms with Crippen LogP contribution in [-0.2, 0) is 6.61 Å². The molecule has 4 aromatic rings. The molecule has 0 N–H and O–H groups in total. The number of nitriles is 1. The smallest absolute Gasteiger partial charge is 0.266 e. The van der Waals surface area contributed by atoms with Gasteiger partial charge in [-0.05, 0) is 62.2 Å². The van der Waals surface area contributed by atoms with Crippen LogP contribution in [0.25, 0.3) is 11.7 Å². The summed E-state index contributed by atoms with van der Waals surface area (Å²) in [5.74, 6) is 2.49. The molecule has 1 fully saturated rings. The Hall–Kier alpha value is -4.51. The lowest BCUT2D eigenvalue weighted by atomic mass is 10.1. The standard InChI is InChI=1S/C29H28N4O4/c1-19-5-8-22(9-6-19)28(34)32-12-14-33(15-13-32)29-24(17-30)31-27(37-29)25-11-10-23(36-25)18-35-26-16-20(2)4-7-21(26)3/h4-11,16H,12-15,18H2,1-3H3. The molecule has 0 atom stereocenters. The van der Waals surface area contributed by atoms with E-state index in [0.29, 0.717) is 49.1 Å². The van der Waals surface area contributed by atoms with Gasteiger partial charge in [0.15, 0.2) is 5.76 Å². The Morgan fingerprint density at radius 3 is 2.43 bits per heavy atom. The van der Waals surface area contributed by atoms with Crippen LogP contribution in [0.15, 0.2) is 63.4 Å². The summed E-state index contributed by atoms with van der Waals surface area (Å²) >= 11 is 0. The average molecular weight is 497 g/mol. The predicted molar refractivity (Wildman–Crippen MR) is 138 cm³/mol. The zero-order valence-electron chi connectivity index (χ0n) is 21.2. The molecule has 0 spiro atoms. The van der Waals surface area contributed by atoms with Crippen LogP contribution in [0, 0.1) is 32.1 Å². The SMILES string of the molecule is Cc1ccc(C(=O)N2CCN(c3oc(-c4ccc(COc5cc(C)ccc5C)o4)nc3C#N)CC2)cc1. The Labute approximate surface area is 215 Å². The molecule has 0 unspecified atom stereocenters. The number of aryl methyl sites for hydroxylation is 3. The minimum absolute atomic E-state index is 0.00427. The Balaban J connectivity index is 1.25. The van der Waals surface area contributed by atoms with Crippen LogP contribution in [-0.4, -0.2) is 42.0 Å². The molecule has 2 aromatic heterocycles. The maximum Gasteiger partial charge on any atom is 0.266 e. The number of anilines is 1. The molecule has 8 nitrogen and oxygen atoms in total. The highest BCUT2D eigenvalue weighted by atomic mass is 16.5. The maximum absolute atomic E-state index is 12.8. The molecular weight excluding hydrogens is 468 g/mol. The van der Waals surface area contributed by atoms with E-state index < -0.39 is 0 Å². The third-order valence-corrected chi connectivity index (χ3v) is 6.45. The Morgan fingerprint density at radius 1 is 0.973 bits per heavy atom. The lowest BCUT2D eigenvalue weighted by Gasteiger charge is -2.34. The van der Waals surface area contributed by atoms with Crippen molar-refractivity contribution in [2.75, 3.05) is 31.1 Å². The van der Waals surface area contributed by atoms with E-state index in [2.05, 4.69) is 11.1 Å². The van der Waals surface area contributed by atoms with Gasteiger partial charge in [-0.1, -0.05) is 29.8 Å². The highest BCUT2D eigenvalue weighted by Gasteiger charge is 2.27. The number of carbonyl (C=O) groups excluding carboxylic acids is 1. The van der Waals surface area contributed by atoms with Crippen LogP contribution in [0.1, 0.15) is 38.5 Å². The average Bonchev–Trinajstić information content (AvgIpc) is 3.56. The number of hydrogen-bond acceptors (Lipinski definition) is 7. The monoisotopic (exact) mass is 496 g/mol. The van der Waals surface area contributed by atoms with Crippen LogP contribution in [0.2, 0.25) is 0 Å². The minimum atomic E-state index is 0.00427. The Bertz CT molecular complexity index is 1450. The van der Waals surface area contributed by atoms with Gasteiger partial charge in [-0.3, -0.25) is 4.79 Å². The molecule has 188 valence electrons. The van der Waals surface area contributed by atoms with Gasteiger partial charge in [0.1, 0.15) is 24.2 Å². The van der Waals surface area contributed by atoms with Crippen molar-refractivity contribution in [1.29, 1.82) is 5.26 Å². The zero-order chi connectivity index (χ0) is 25.9. The van der Waals surface area contributed by atoms with E-state index in [-0.39, 0.29) is 24.1 Å². The third kappa shape index (κ3) is 5.21. The summed E-state index contributed by atoms with van der Waals surface area (Å²) in [6, 6.07) is 19.3. The number of rotatable bonds is 6. The van der Waals surface area contributed by atoms with Gasteiger partial charge in [0, 0.05) is 31.7 Å². The van der Waals surface area contributed by atoms with Gasteiger partial charge in [0.25, 0.3) is 11.8 Å². The number of hydrogen-bond donors (Lipinski definition) is 0. The quantitative estimate of drug-likeness (QED) is 0.359. The number of ether oxygens (including phenoxy) is 1. The summed E-state index contributed by atoms with van der Waals surface area (Å²) in [6.45, 7) is 8.39. The van der Waals surface area contributed by atoms with E-state index in [1.165, 1.54) is 0 Å². The Morgan fingerprint density at radius 2 is 1.70 bits per heavy atom. The second-order valence-corrected chi connectivity index (χ2v) is 9.25. The fourth-order valence-electron chi connectivity index (χ4n) is 4.28. The fraction of sp³-hybridized carbons (Fsp3) is 0.276. The topological polar surface area (TPSA) is 95.7 Å². The summed E-state index contributed by atoms with van der Waals surface area (Å²) in [4.78, 5) is 21.0. The van der Waals surface area contributed by atoms with Gasteiger partial charge in [-0.2, -0.15) is 10.2 Å². The number of oxazole rings is 1. The second-order valence-electron chi connectivity index (χ2n) is 9.25. The normalized spacial score (nSPS) is 13.5. The van der Waals surface area contributed by atoms with E-state index in [9.17, 15) is 10.1 Å². The van der Waals surface area contributed by atoms with Gasteiger partial charge < -0.3 is 23.4 Å². The molecule has 0 bridgehead atoms. The minimum Gasteiger partial charge on any atom is -0.485 e. The van der Waals surface area contributed by atoms with Crippen LogP contribution >= 0.6 is 0 Å². The van der Waals surface area contributed by atoms with Gasteiger partial charge in [-0.15, -0.1) is 0 Å². The first-order valence-corrected chi connectivity index (χ1v) is 12.2. The van der Waals surface area contributed by atoms with Crippen molar-refractivity contribution in [2.45, 2.75) is 27.4 Å². The third-order valence-electron chi connectivity index (χ3n) is 6.45. The molecule has 1 aliphatic rings. The van der Waals surface area contributed by atoms with Gasteiger partial charge in [0.2, 0.25) is 11.6 Å². The number of carbonyl (C=O) groups is 1. The molecule has 2 aromatic carbocycles. The molecule has 37 heavy (non-hydrogen) atoms. The highest BCUT2D eigenvalue weighted by Crippen LogP contribution is 2.30.